The standard InChI is InChI=1S/C21H27F3O2Si/c1-3-4-5-12-17-25-27(19-13-8-6-9-14-19,20-15-10-7-11-16-20)26-18(2)21(22,23)24/h6-11,13-16,18H,3-5,12,17H2,1-2H3. The van der Waals surface area contributed by atoms with Crippen LogP contribution in [0.5, 0.6) is 0 Å². The van der Waals surface area contributed by atoms with Crippen LogP contribution in [0, 0.1) is 0 Å². The Morgan fingerprint density at radius 3 is 1.81 bits per heavy atom. The van der Waals surface area contributed by atoms with Crippen molar-refractivity contribution in [3.05, 3.63) is 60.7 Å². The second kappa shape index (κ2) is 10.1. The smallest absolute Gasteiger partial charge is 0.388 e. The van der Waals surface area contributed by atoms with Crippen LogP contribution in [0.3, 0.4) is 0 Å². The molecule has 2 nitrogen and oxygen atoms in total. The molecule has 0 aliphatic carbocycles. The van der Waals surface area contributed by atoms with Gasteiger partial charge >= 0.3 is 14.7 Å². The molecule has 1 unspecified atom stereocenters. The van der Waals surface area contributed by atoms with Crippen LogP contribution in [0.4, 0.5) is 13.2 Å². The lowest BCUT2D eigenvalue weighted by Crippen LogP contribution is -2.65. The average molecular weight is 397 g/mol. The number of unbranched alkanes of at least 4 members (excludes halogenated alkanes) is 3. The third kappa shape index (κ3) is 5.92. The zero-order valence-electron chi connectivity index (χ0n) is 15.8. The number of alkyl halides is 3. The summed E-state index contributed by atoms with van der Waals surface area (Å²) in [5, 5.41) is 1.37. The Morgan fingerprint density at radius 1 is 0.852 bits per heavy atom. The molecule has 0 aliphatic heterocycles. The van der Waals surface area contributed by atoms with E-state index in [1.807, 2.05) is 36.4 Å². The Morgan fingerprint density at radius 2 is 1.37 bits per heavy atom. The van der Waals surface area contributed by atoms with E-state index in [4.69, 9.17) is 8.85 Å². The number of halogens is 3. The SMILES string of the molecule is CCCCCCO[Si](OC(C)C(F)(F)F)(c1ccccc1)c1ccccc1. The Balaban J connectivity index is 2.42. The number of hydrogen-bond acceptors (Lipinski definition) is 2. The van der Waals surface area contributed by atoms with Crippen LogP contribution in [0.2, 0.25) is 0 Å². The van der Waals surface area contributed by atoms with Crippen LogP contribution in [-0.4, -0.2) is 27.4 Å². The molecule has 27 heavy (non-hydrogen) atoms. The first kappa shape index (κ1) is 21.7. The molecule has 0 saturated heterocycles. The maximum atomic E-state index is 13.3. The van der Waals surface area contributed by atoms with Crippen LogP contribution in [0.15, 0.2) is 60.7 Å². The van der Waals surface area contributed by atoms with E-state index in [2.05, 4.69) is 6.92 Å². The van der Waals surface area contributed by atoms with Gasteiger partial charge in [0.2, 0.25) is 0 Å². The first-order valence-electron chi connectivity index (χ1n) is 9.39. The fraction of sp³-hybridized carbons (Fsp3) is 0.429. The molecule has 0 amide bonds. The quantitative estimate of drug-likeness (QED) is 0.424. The third-order valence-corrected chi connectivity index (χ3v) is 7.90. The molecule has 0 fully saturated rings. The average Bonchev–Trinajstić information content (AvgIpc) is 2.67. The molecule has 2 aromatic carbocycles. The summed E-state index contributed by atoms with van der Waals surface area (Å²) in [6.45, 7) is 3.54. The van der Waals surface area contributed by atoms with Crippen molar-refractivity contribution in [3.63, 3.8) is 0 Å². The van der Waals surface area contributed by atoms with Crippen LogP contribution < -0.4 is 10.4 Å². The highest BCUT2D eigenvalue weighted by Crippen LogP contribution is 2.26. The van der Waals surface area contributed by atoms with Crippen molar-refractivity contribution >= 4 is 18.9 Å². The lowest BCUT2D eigenvalue weighted by atomic mass is 10.2. The van der Waals surface area contributed by atoms with E-state index in [1.165, 1.54) is 0 Å². The summed E-state index contributed by atoms with van der Waals surface area (Å²) in [6.07, 6.45) is -2.42. The fourth-order valence-electron chi connectivity index (χ4n) is 2.88. The molecule has 0 radical (unpaired) electrons. The normalized spacial score (nSPS) is 13.5. The van der Waals surface area contributed by atoms with Gasteiger partial charge in [-0.25, -0.2) is 0 Å². The maximum Gasteiger partial charge on any atom is 0.413 e. The van der Waals surface area contributed by atoms with E-state index in [9.17, 15) is 13.2 Å². The zero-order valence-corrected chi connectivity index (χ0v) is 16.8. The molecular formula is C21H27F3O2Si. The molecule has 0 aliphatic rings. The van der Waals surface area contributed by atoms with Crippen molar-refractivity contribution in [1.82, 2.24) is 0 Å². The summed E-state index contributed by atoms with van der Waals surface area (Å²) >= 11 is 0. The Bertz CT molecular complexity index is 623. The predicted molar refractivity (Wildman–Crippen MR) is 105 cm³/mol. The highest BCUT2D eigenvalue weighted by Gasteiger charge is 2.49. The molecule has 0 heterocycles. The Hall–Kier alpha value is -1.63. The van der Waals surface area contributed by atoms with Gasteiger partial charge in [0, 0.05) is 6.61 Å². The van der Waals surface area contributed by atoms with Gasteiger partial charge in [-0.05, 0) is 23.7 Å². The summed E-state index contributed by atoms with van der Waals surface area (Å²) < 4.78 is 52.0. The van der Waals surface area contributed by atoms with Crippen molar-refractivity contribution < 1.29 is 22.0 Å². The van der Waals surface area contributed by atoms with Crippen molar-refractivity contribution in [2.45, 2.75) is 51.8 Å². The van der Waals surface area contributed by atoms with Gasteiger partial charge in [0.15, 0.2) is 0 Å². The maximum absolute atomic E-state index is 13.3. The van der Waals surface area contributed by atoms with E-state index in [1.54, 1.807) is 24.3 Å². The van der Waals surface area contributed by atoms with Gasteiger partial charge in [-0.3, -0.25) is 0 Å². The molecule has 0 aromatic heterocycles. The molecule has 1 atom stereocenters. The second-order valence-corrected chi connectivity index (χ2v) is 9.47. The summed E-state index contributed by atoms with van der Waals surface area (Å²) in [5.41, 5.74) is 0. The summed E-state index contributed by atoms with van der Waals surface area (Å²) in [7, 11) is -3.50. The van der Waals surface area contributed by atoms with Crippen LogP contribution in [0.25, 0.3) is 0 Å². The molecule has 0 bridgehead atoms. The van der Waals surface area contributed by atoms with E-state index in [-0.39, 0.29) is 0 Å². The zero-order chi connectivity index (χ0) is 19.8. The Kier molecular flexibility index (Phi) is 8.07. The largest absolute Gasteiger partial charge is 0.413 e. The van der Waals surface area contributed by atoms with Gasteiger partial charge in [0.1, 0.15) is 6.10 Å². The van der Waals surface area contributed by atoms with E-state index in [0.717, 1.165) is 32.6 Å². The number of rotatable bonds is 10. The predicted octanol–water partition coefficient (Wildman–Crippen LogP) is 4.81. The first-order chi connectivity index (χ1) is 12.9. The van der Waals surface area contributed by atoms with Gasteiger partial charge in [0.25, 0.3) is 0 Å². The minimum atomic E-state index is -4.45. The van der Waals surface area contributed by atoms with Crippen molar-refractivity contribution in [1.29, 1.82) is 0 Å². The molecule has 0 N–H and O–H groups in total. The number of benzene rings is 2. The Labute approximate surface area is 160 Å². The van der Waals surface area contributed by atoms with Gasteiger partial charge < -0.3 is 8.85 Å². The van der Waals surface area contributed by atoms with Crippen LogP contribution in [-0.2, 0) is 8.85 Å². The molecule has 148 valence electrons. The summed E-state index contributed by atoms with van der Waals surface area (Å²) in [4.78, 5) is 0. The van der Waals surface area contributed by atoms with Gasteiger partial charge in [-0.1, -0.05) is 86.8 Å². The van der Waals surface area contributed by atoms with Crippen molar-refractivity contribution in [2.75, 3.05) is 6.61 Å². The van der Waals surface area contributed by atoms with Gasteiger partial charge in [-0.15, -0.1) is 0 Å². The molecule has 2 rings (SSSR count). The lowest BCUT2D eigenvalue weighted by Gasteiger charge is -2.34. The number of hydrogen-bond donors (Lipinski definition) is 0. The molecule has 2 aromatic rings. The van der Waals surface area contributed by atoms with Gasteiger partial charge in [0.05, 0.1) is 0 Å². The molecule has 0 spiro atoms. The van der Waals surface area contributed by atoms with Crippen LogP contribution in [0.1, 0.15) is 39.5 Å². The fourth-order valence-corrected chi connectivity index (χ4v) is 6.21. The lowest BCUT2D eigenvalue weighted by molar-refractivity contribution is -0.194. The minimum Gasteiger partial charge on any atom is -0.388 e. The van der Waals surface area contributed by atoms with E-state index >= 15 is 0 Å². The highest BCUT2D eigenvalue weighted by atomic mass is 28.4. The summed E-state index contributed by atoms with van der Waals surface area (Å²) in [5.74, 6) is 0. The van der Waals surface area contributed by atoms with E-state index < -0.39 is 20.8 Å². The first-order valence-corrected chi connectivity index (χ1v) is 11.2. The van der Waals surface area contributed by atoms with Crippen molar-refractivity contribution in [3.8, 4) is 0 Å². The summed E-state index contributed by atoms with van der Waals surface area (Å²) in [6, 6.07) is 18.1. The molecular weight excluding hydrogens is 369 g/mol. The molecule has 6 heteroatoms. The molecule has 0 saturated carbocycles. The van der Waals surface area contributed by atoms with Crippen molar-refractivity contribution in [2.24, 2.45) is 0 Å². The minimum absolute atomic E-state index is 0.376. The van der Waals surface area contributed by atoms with Crippen LogP contribution >= 0.6 is 0 Å². The monoisotopic (exact) mass is 396 g/mol. The van der Waals surface area contributed by atoms with E-state index in [0.29, 0.717) is 17.0 Å². The highest BCUT2D eigenvalue weighted by molar-refractivity contribution is 6.92. The third-order valence-electron chi connectivity index (χ3n) is 4.41. The van der Waals surface area contributed by atoms with Gasteiger partial charge in [-0.2, -0.15) is 13.2 Å². The topological polar surface area (TPSA) is 18.5 Å². The second-order valence-electron chi connectivity index (χ2n) is 6.56.